The fraction of sp³-hybridized carbons (Fsp3) is 0.176. The lowest BCUT2D eigenvalue weighted by Crippen LogP contribution is -1.96. The SMILES string of the molecule is Cc1ccccc1OCc1cc2cc(CN)ccc2[nH]1. The van der Waals surface area contributed by atoms with E-state index in [1.54, 1.807) is 0 Å². The number of aryl methyl sites for hydroxylation is 1. The van der Waals surface area contributed by atoms with Crippen LogP contribution in [0.25, 0.3) is 10.9 Å². The first-order valence-electron chi connectivity index (χ1n) is 6.75. The van der Waals surface area contributed by atoms with Crippen molar-refractivity contribution in [2.24, 2.45) is 5.73 Å². The van der Waals surface area contributed by atoms with Crippen molar-refractivity contribution in [2.45, 2.75) is 20.1 Å². The first kappa shape index (κ1) is 12.8. The molecular weight excluding hydrogens is 248 g/mol. The van der Waals surface area contributed by atoms with E-state index in [9.17, 15) is 0 Å². The molecule has 0 bridgehead atoms. The Morgan fingerprint density at radius 3 is 2.75 bits per heavy atom. The summed E-state index contributed by atoms with van der Waals surface area (Å²) in [4.78, 5) is 3.37. The zero-order valence-electron chi connectivity index (χ0n) is 11.5. The Labute approximate surface area is 118 Å². The second kappa shape index (κ2) is 5.39. The van der Waals surface area contributed by atoms with Crippen LogP contribution in [-0.2, 0) is 13.2 Å². The monoisotopic (exact) mass is 266 g/mol. The van der Waals surface area contributed by atoms with Gasteiger partial charge in [-0.1, -0.05) is 24.3 Å². The lowest BCUT2D eigenvalue weighted by atomic mass is 10.1. The van der Waals surface area contributed by atoms with Crippen LogP contribution in [0.1, 0.15) is 16.8 Å². The number of hydrogen-bond donors (Lipinski definition) is 2. The molecule has 0 saturated heterocycles. The molecule has 3 heteroatoms. The van der Waals surface area contributed by atoms with Crippen LogP contribution < -0.4 is 10.5 Å². The fourth-order valence-electron chi connectivity index (χ4n) is 2.32. The first-order valence-corrected chi connectivity index (χ1v) is 6.75. The predicted molar refractivity (Wildman–Crippen MR) is 81.7 cm³/mol. The largest absolute Gasteiger partial charge is 0.487 e. The molecule has 3 aromatic rings. The number of aromatic amines is 1. The third-order valence-electron chi connectivity index (χ3n) is 3.45. The van der Waals surface area contributed by atoms with Gasteiger partial charge in [0.1, 0.15) is 12.4 Å². The Balaban J connectivity index is 1.79. The minimum absolute atomic E-state index is 0.539. The minimum Gasteiger partial charge on any atom is -0.487 e. The maximum atomic E-state index is 5.85. The predicted octanol–water partition coefficient (Wildman–Crippen LogP) is 3.51. The molecule has 0 radical (unpaired) electrons. The van der Waals surface area contributed by atoms with E-state index in [1.807, 2.05) is 37.3 Å². The van der Waals surface area contributed by atoms with Crippen LogP contribution in [0, 0.1) is 6.92 Å². The third-order valence-corrected chi connectivity index (χ3v) is 3.45. The summed E-state index contributed by atoms with van der Waals surface area (Å²) in [6.07, 6.45) is 0. The molecule has 3 N–H and O–H groups in total. The van der Waals surface area contributed by atoms with Gasteiger partial charge in [-0.15, -0.1) is 0 Å². The third kappa shape index (κ3) is 2.53. The van der Waals surface area contributed by atoms with Gasteiger partial charge in [-0.25, -0.2) is 0 Å². The summed E-state index contributed by atoms with van der Waals surface area (Å²) in [5.41, 5.74) is 10.1. The molecule has 20 heavy (non-hydrogen) atoms. The standard InChI is InChI=1S/C17H18N2O/c1-12-4-2-3-5-17(12)20-11-15-9-14-8-13(10-18)6-7-16(14)19-15/h2-9,19H,10-11,18H2,1H3. The van der Waals surface area contributed by atoms with Gasteiger partial charge in [0.25, 0.3) is 0 Å². The highest BCUT2D eigenvalue weighted by Crippen LogP contribution is 2.20. The summed E-state index contributed by atoms with van der Waals surface area (Å²) in [5.74, 6) is 0.925. The van der Waals surface area contributed by atoms with Gasteiger partial charge in [0.15, 0.2) is 0 Å². The smallest absolute Gasteiger partial charge is 0.128 e. The minimum atomic E-state index is 0.539. The van der Waals surface area contributed by atoms with Crippen molar-refractivity contribution in [3.63, 3.8) is 0 Å². The van der Waals surface area contributed by atoms with Crippen LogP contribution >= 0.6 is 0 Å². The van der Waals surface area contributed by atoms with Crippen molar-refractivity contribution in [1.29, 1.82) is 0 Å². The van der Waals surface area contributed by atoms with Gasteiger partial charge in [-0.05, 0) is 42.3 Å². The van der Waals surface area contributed by atoms with Crippen LogP contribution in [0.2, 0.25) is 0 Å². The lowest BCUT2D eigenvalue weighted by molar-refractivity contribution is 0.300. The van der Waals surface area contributed by atoms with Gasteiger partial charge in [-0.3, -0.25) is 0 Å². The summed E-state index contributed by atoms with van der Waals surface area (Å²) >= 11 is 0. The number of fused-ring (bicyclic) bond motifs is 1. The number of benzene rings is 2. The average Bonchev–Trinajstić information content (AvgIpc) is 2.88. The summed E-state index contributed by atoms with van der Waals surface area (Å²) in [6.45, 7) is 3.15. The van der Waals surface area contributed by atoms with Gasteiger partial charge < -0.3 is 15.5 Å². The van der Waals surface area contributed by atoms with Crippen molar-refractivity contribution in [1.82, 2.24) is 4.98 Å². The van der Waals surface area contributed by atoms with E-state index in [2.05, 4.69) is 23.2 Å². The van der Waals surface area contributed by atoms with E-state index in [0.717, 1.165) is 28.1 Å². The average molecular weight is 266 g/mol. The molecule has 0 aliphatic rings. The summed E-state index contributed by atoms with van der Waals surface area (Å²) in [6, 6.07) is 16.4. The highest BCUT2D eigenvalue weighted by atomic mass is 16.5. The number of nitrogens with one attached hydrogen (secondary N) is 1. The maximum Gasteiger partial charge on any atom is 0.128 e. The normalized spacial score (nSPS) is 10.9. The first-order chi connectivity index (χ1) is 9.76. The highest BCUT2D eigenvalue weighted by Gasteiger charge is 2.04. The molecule has 0 amide bonds. The van der Waals surface area contributed by atoms with E-state index >= 15 is 0 Å². The van der Waals surface area contributed by atoms with Gasteiger partial charge in [0.05, 0.1) is 5.69 Å². The molecule has 1 aromatic heterocycles. The number of hydrogen-bond acceptors (Lipinski definition) is 2. The topological polar surface area (TPSA) is 51.0 Å². The van der Waals surface area contributed by atoms with Crippen LogP contribution in [0.4, 0.5) is 0 Å². The summed E-state index contributed by atoms with van der Waals surface area (Å²) in [5, 5.41) is 1.18. The van der Waals surface area contributed by atoms with Crippen molar-refractivity contribution >= 4 is 10.9 Å². The molecule has 0 saturated carbocycles. The molecule has 3 nitrogen and oxygen atoms in total. The van der Waals surface area contributed by atoms with E-state index < -0.39 is 0 Å². The number of ether oxygens (including phenoxy) is 1. The number of rotatable bonds is 4. The Bertz CT molecular complexity index is 731. The van der Waals surface area contributed by atoms with Crippen molar-refractivity contribution in [2.75, 3.05) is 0 Å². The van der Waals surface area contributed by atoms with Crippen LogP contribution in [0.3, 0.4) is 0 Å². The molecule has 0 unspecified atom stereocenters. The second-order valence-electron chi connectivity index (χ2n) is 4.97. The lowest BCUT2D eigenvalue weighted by Gasteiger charge is -2.07. The van der Waals surface area contributed by atoms with Crippen molar-refractivity contribution in [3.8, 4) is 5.75 Å². The van der Waals surface area contributed by atoms with E-state index in [0.29, 0.717) is 13.2 Å². The molecule has 102 valence electrons. The summed E-state index contributed by atoms with van der Waals surface area (Å²) < 4.78 is 5.85. The molecule has 0 atom stereocenters. The Morgan fingerprint density at radius 2 is 1.95 bits per heavy atom. The molecule has 2 aromatic carbocycles. The van der Waals surface area contributed by atoms with Gasteiger partial charge >= 0.3 is 0 Å². The Morgan fingerprint density at radius 1 is 1.10 bits per heavy atom. The van der Waals surface area contributed by atoms with Crippen molar-refractivity contribution in [3.05, 3.63) is 65.4 Å². The number of aromatic nitrogens is 1. The fourth-order valence-corrected chi connectivity index (χ4v) is 2.32. The quantitative estimate of drug-likeness (QED) is 0.759. The molecule has 1 heterocycles. The van der Waals surface area contributed by atoms with E-state index in [-0.39, 0.29) is 0 Å². The van der Waals surface area contributed by atoms with Gasteiger partial charge in [0.2, 0.25) is 0 Å². The molecule has 3 rings (SSSR count). The number of H-pyrrole nitrogens is 1. The zero-order valence-corrected chi connectivity index (χ0v) is 11.5. The van der Waals surface area contributed by atoms with Crippen LogP contribution in [0.5, 0.6) is 5.75 Å². The molecule has 0 spiro atoms. The van der Waals surface area contributed by atoms with Gasteiger partial charge in [0, 0.05) is 17.4 Å². The number of nitrogens with two attached hydrogens (primary N) is 1. The zero-order chi connectivity index (χ0) is 13.9. The Hall–Kier alpha value is -2.26. The highest BCUT2D eigenvalue weighted by molar-refractivity contribution is 5.81. The molecule has 0 aliphatic heterocycles. The molecule has 0 aliphatic carbocycles. The van der Waals surface area contributed by atoms with E-state index in [1.165, 1.54) is 5.39 Å². The van der Waals surface area contributed by atoms with Crippen molar-refractivity contribution < 1.29 is 4.74 Å². The summed E-state index contributed by atoms with van der Waals surface area (Å²) in [7, 11) is 0. The molecule has 0 fully saturated rings. The number of para-hydroxylation sites is 1. The van der Waals surface area contributed by atoms with Crippen LogP contribution in [-0.4, -0.2) is 4.98 Å². The maximum absolute atomic E-state index is 5.85. The molecular formula is C17H18N2O. The Kier molecular flexibility index (Phi) is 3.44. The van der Waals surface area contributed by atoms with Gasteiger partial charge in [-0.2, -0.15) is 0 Å². The van der Waals surface area contributed by atoms with E-state index in [4.69, 9.17) is 10.5 Å². The second-order valence-corrected chi connectivity index (χ2v) is 4.97. The van der Waals surface area contributed by atoms with Crippen LogP contribution in [0.15, 0.2) is 48.5 Å².